The summed E-state index contributed by atoms with van der Waals surface area (Å²) in [6.45, 7) is 8.18. The van der Waals surface area contributed by atoms with Crippen LogP contribution >= 0.6 is 0 Å². The lowest BCUT2D eigenvalue weighted by Gasteiger charge is -2.36. The van der Waals surface area contributed by atoms with E-state index in [0.717, 1.165) is 19.6 Å². The minimum Gasteiger partial charge on any atom is -0.384 e. The Kier molecular flexibility index (Phi) is 4.55. The minimum atomic E-state index is -4.58. The van der Waals surface area contributed by atoms with E-state index < -0.39 is 12.0 Å². The summed E-state index contributed by atoms with van der Waals surface area (Å²) in [4.78, 5) is 11.0. The third-order valence-electron chi connectivity index (χ3n) is 3.31. The fourth-order valence-electron chi connectivity index (χ4n) is 2.42. The Morgan fingerprint density at radius 1 is 1.19 bits per heavy atom. The van der Waals surface area contributed by atoms with Gasteiger partial charge in [-0.25, -0.2) is 9.97 Å². The molecule has 1 aliphatic rings. The second kappa shape index (κ2) is 6.05. The first kappa shape index (κ1) is 15.8. The predicted molar refractivity (Wildman–Crippen MR) is 74.9 cm³/mol. The van der Waals surface area contributed by atoms with Crippen molar-refractivity contribution in [1.29, 1.82) is 0 Å². The molecule has 0 aliphatic carbocycles. The normalized spacial score (nSPS) is 17.5. The highest BCUT2D eigenvalue weighted by Gasteiger charge is 2.36. The SMILES string of the molecule is CC(C)CN1CCN(c2cc(N)nc(C(F)(F)F)n2)CC1. The first-order valence-corrected chi connectivity index (χ1v) is 6.95. The standard InChI is InChI=1S/C13H20F3N5/c1-9(2)8-20-3-5-21(6-4-20)11-7-10(17)18-12(19-11)13(14,15)16/h7,9H,3-6,8H2,1-2H3,(H2,17,18,19). The van der Waals surface area contributed by atoms with Crippen LogP contribution in [0.2, 0.25) is 0 Å². The molecule has 0 amide bonds. The van der Waals surface area contributed by atoms with Crippen LogP contribution in [0.3, 0.4) is 0 Å². The van der Waals surface area contributed by atoms with E-state index in [-0.39, 0.29) is 11.6 Å². The van der Waals surface area contributed by atoms with Crippen molar-refractivity contribution in [3.63, 3.8) is 0 Å². The zero-order valence-corrected chi connectivity index (χ0v) is 12.2. The Morgan fingerprint density at radius 2 is 1.81 bits per heavy atom. The van der Waals surface area contributed by atoms with Gasteiger partial charge in [-0.2, -0.15) is 13.2 Å². The molecule has 2 heterocycles. The van der Waals surface area contributed by atoms with Crippen molar-refractivity contribution in [2.24, 2.45) is 5.92 Å². The second-order valence-electron chi connectivity index (χ2n) is 5.65. The van der Waals surface area contributed by atoms with Gasteiger partial charge in [0.1, 0.15) is 11.6 Å². The quantitative estimate of drug-likeness (QED) is 0.923. The van der Waals surface area contributed by atoms with Crippen LogP contribution in [0, 0.1) is 5.92 Å². The van der Waals surface area contributed by atoms with Crippen molar-refractivity contribution in [2.75, 3.05) is 43.4 Å². The third kappa shape index (κ3) is 4.20. The van der Waals surface area contributed by atoms with Crippen LogP contribution in [0.25, 0.3) is 0 Å². The van der Waals surface area contributed by atoms with Gasteiger partial charge in [0, 0.05) is 38.8 Å². The van der Waals surface area contributed by atoms with Crippen LogP contribution in [0.5, 0.6) is 0 Å². The summed E-state index contributed by atoms with van der Waals surface area (Å²) in [5, 5.41) is 0. The van der Waals surface area contributed by atoms with E-state index in [1.165, 1.54) is 6.07 Å². The van der Waals surface area contributed by atoms with Gasteiger partial charge in [-0.3, -0.25) is 4.90 Å². The number of anilines is 2. The second-order valence-corrected chi connectivity index (χ2v) is 5.65. The number of nitrogens with two attached hydrogens (primary N) is 1. The summed E-state index contributed by atoms with van der Waals surface area (Å²) in [6, 6.07) is 1.40. The summed E-state index contributed by atoms with van der Waals surface area (Å²) in [5.74, 6) is -0.513. The van der Waals surface area contributed by atoms with Crippen molar-refractivity contribution in [3.8, 4) is 0 Å². The van der Waals surface area contributed by atoms with Gasteiger partial charge in [-0.1, -0.05) is 13.8 Å². The predicted octanol–water partition coefficient (Wildman–Crippen LogP) is 1.86. The van der Waals surface area contributed by atoms with E-state index in [4.69, 9.17) is 5.73 Å². The van der Waals surface area contributed by atoms with Gasteiger partial charge in [-0.15, -0.1) is 0 Å². The van der Waals surface area contributed by atoms with E-state index >= 15 is 0 Å². The average molecular weight is 303 g/mol. The molecule has 1 aliphatic heterocycles. The van der Waals surface area contributed by atoms with Gasteiger partial charge in [0.15, 0.2) is 0 Å². The summed E-state index contributed by atoms with van der Waals surface area (Å²) < 4.78 is 38.1. The molecule has 1 saturated heterocycles. The molecule has 0 spiro atoms. The van der Waals surface area contributed by atoms with E-state index in [9.17, 15) is 13.2 Å². The largest absolute Gasteiger partial charge is 0.451 e. The number of halogens is 3. The van der Waals surface area contributed by atoms with Crippen LogP contribution < -0.4 is 10.6 Å². The molecule has 1 aromatic heterocycles. The average Bonchev–Trinajstić information content (AvgIpc) is 2.37. The Morgan fingerprint density at radius 3 is 2.33 bits per heavy atom. The molecule has 0 atom stereocenters. The van der Waals surface area contributed by atoms with Gasteiger partial charge in [-0.05, 0) is 5.92 Å². The van der Waals surface area contributed by atoms with Crippen LogP contribution in [-0.4, -0.2) is 47.6 Å². The molecule has 2 N–H and O–H groups in total. The minimum absolute atomic E-state index is 0.156. The Bertz CT molecular complexity index is 481. The number of hydrogen-bond acceptors (Lipinski definition) is 5. The lowest BCUT2D eigenvalue weighted by atomic mass is 10.2. The summed E-state index contributed by atoms with van der Waals surface area (Å²) >= 11 is 0. The lowest BCUT2D eigenvalue weighted by Crippen LogP contribution is -2.47. The fraction of sp³-hybridized carbons (Fsp3) is 0.692. The molecule has 0 aromatic carbocycles. The third-order valence-corrected chi connectivity index (χ3v) is 3.31. The zero-order chi connectivity index (χ0) is 15.6. The van der Waals surface area contributed by atoms with Gasteiger partial charge in [0.2, 0.25) is 5.82 Å². The van der Waals surface area contributed by atoms with Crippen molar-refractivity contribution in [2.45, 2.75) is 20.0 Å². The molecule has 2 rings (SSSR count). The lowest BCUT2D eigenvalue weighted by molar-refractivity contribution is -0.144. The molecule has 0 bridgehead atoms. The number of nitrogens with zero attached hydrogens (tertiary/aromatic N) is 4. The van der Waals surface area contributed by atoms with Gasteiger partial charge in [0.05, 0.1) is 0 Å². The van der Waals surface area contributed by atoms with E-state index in [0.29, 0.717) is 19.0 Å². The number of hydrogen-bond donors (Lipinski definition) is 1. The number of nitrogen functional groups attached to an aromatic ring is 1. The van der Waals surface area contributed by atoms with E-state index in [2.05, 4.69) is 28.7 Å². The fourth-order valence-corrected chi connectivity index (χ4v) is 2.42. The summed E-state index contributed by atoms with van der Waals surface area (Å²) in [6.07, 6.45) is -4.58. The van der Waals surface area contributed by atoms with Crippen LogP contribution in [-0.2, 0) is 6.18 Å². The van der Waals surface area contributed by atoms with Crippen molar-refractivity contribution >= 4 is 11.6 Å². The molecule has 1 fully saturated rings. The molecule has 0 radical (unpaired) electrons. The molecular weight excluding hydrogens is 283 g/mol. The topological polar surface area (TPSA) is 58.3 Å². The van der Waals surface area contributed by atoms with Gasteiger partial charge >= 0.3 is 6.18 Å². The maximum absolute atomic E-state index is 12.7. The molecule has 8 heteroatoms. The maximum Gasteiger partial charge on any atom is 0.451 e. The molecule has 21 heavy (non-hydrogen) atoms. The number of piperazine rings is 1. The van der Waals surface area contributed by atoms with Crippen molar-refractivity contribution in [3.05, 3.63) is 11.9 Å². The van der Waals surface area contributed by atoms with Gasteiger partial charge in [0.25, 0.3) is 0 Å². The number of rotatable bonds is 3. The molecule has 0 saturated carbocycles. The highest BCUT2D eigenvalue weighted by atomic mass is 19.4. The van der Waals surface area contributed by atoms with Crippen LogP contribution in [0.1, 0.15) is 19.7 Å². The Labute approximate surface area is 122 Å². The van der Waals surface area contributed by atoms with Crippen molar-refractivity contribution < 1.29 is 13.2 Å². The molecular formula is C13H20F3N5. The monoisotopic (exact) mass is 303 g/mol. The Hall–Kier alpha value is -1.57. The smallest absolute Gasteiger partial charge is 0.384 e. The van der Waals surface area contributed by atoms with Crippen LogP contribution in [0.15, 0.2) is 6.07 Å². The summed E-state index contributed by atoms with van der Waals surface area (Å²) in [7, 11) is 0. The highest BCUT2D eigenvalue weighted by Crippen LogP contribution is 2.28. The first-order valence-electron chi connectivity index (χ1n) is 6.95. The number of alkyl halides is 3. The van der Waals surface area contributed by atoms with Gasteiger partial charge < -0.3 is 10.6 Å². The van der Waals surface area contributed by atoms with Crippen molar-refractivity contribution in [1.82, 2.24) is 14.9 Å². The summed E-state index contributed by atoms with van der Waals surface area (Å²) in [5.41, 5.74) is 5.47. The maximum atomic E-state index is 12.7. The first-order chi connectivity index (χ1) is 9.75. The van der Waals surface area contributed by atoms with Crippen LogP contribution in [0.4, 0.5) is 24.8 Å². The van der Waals surface area contributed by atoms with E-state index in [1.54, 1.807) is 0 Å². The molecule has 0 unspecified atom stereocenters. The Balaban J connectivity index is 2.08. The molecule has 5 nitrogen and oxygen atoms in total. The molecule has 118 valence electrons. The highest BCUT2D eigenvalue weighted by molar-refractivity contribution is 5.47. The molecule has 1 aromatic rings. The van der Waals surface area contributed by atoms with E-state index in [1.807, 2.05) is 4.90 Å². The zero-order valence-electron chi connectivity index (χ0n) is 12.2. The number of aromatic nitrogens is 2.